The smallest absolute Gasteiger partial charge is 0.133 e. The van der Waals surface area contributed by atoms with Gasteiger partial charge >= 0.3 is 0 Å². The second-order valence-electron chi connectivity index (χ2n) is 3.68. The number of Topliss-reactive ketones (excluding diaryl/α,β-unsaturated/α-hetero) is 1. The fourth-order valence-corrected chi connectivity index (χ4v) is 1.65. The van der Waals surface area contributed by atoms with Crippen molar-refractivity contribution in [3.05, 3.63) is 0 Å². The number of carbonyl (C=O) groups is 1. The van der Waals surface area contributed by atoms with Crippen molar-refractivity contribution in [3.63, 3.8) is 0 Å². The van der Waals surface area contributed by atoms with Crippen LogP contribution < -0.4 is 0 Å². The van der Waals surface area contributed by atoms with Crippen molar-refractivity contribution >= 4 is 5.78 Å². The molecule has 0 saturated heterocycles. The van der Waals surface area contributed by atoms with Gasteiger partial charge in [-0.3, -0.25) is 4.79 Å². The fraction of sp³-hybridized carbons (Fsp3) is 0.900. The zero-order valence-electron chi connectivity index (χ0n) is 7.59. The lowest BCUT2D eigenvalue weighted by molar-refractivity contribution is -0.119. The second-order valence-corrected chi connectivity index (χ2v) is 3.68. The quantitative estimate of drug-likeness (QED) is 0.604. The number of hydrogen-bond acceptors (Lipinski definition) is 2. The summed E-state index contributed by atoms with van der Waals surface area (Å²) in [4.78, 5) is 11.1. The number of aliphatic hydroxyl groups excluding tert-OH is 1. The molecule has 1 saturated carbocycles. The monoisotopic (exact) mass is 170 g/mol. The van der Waals surface area contributed by atoms with E-state index in [1.165, 1.54) is 6.42 Å². The van der Waals surface area contributed by atoms with E-state index in [4.69, 9.17) is 0 Å². The van der Waals surface area contributed by atoms with Gasteiger partial charge in [-0.05, 0) is 19.3 Å². The molecule has 1 unspecified atom stereocenters. The molecule has 1 rings (SSSR count). The van der Waals surface area contributed by atoms with Crippen LogP contribution in [-0.2, 0) is 4.79 Å². The maximum atomic E-state index is 11.1. The maximum Gasteiger partial charge on any atom is 0.133 e. The summed E-state index contributed by atoms with van der Waals surface area (Å²) in [6, 6.07) is 0. The highest BCUT2D eigenvalue weighted by molar-refractivity contribution is 5.78. The van der Waals surface area contributed by atoms with Crippen molar-refractivity contribution in [3.8, 4) is 0 Å². The molecule has 0 aliphatic heterocycles. The molecule has 1 fully saturated rings. The number of rotatable bonds is 0. The van der Waals surface area contributed by atoms with Crippen molar-refractivity contribution in [2.24, 2.45) is 0 Å². The third-order valence-corrected chi connectivity index (χ3v) is 2.50. The highest BCUT2D eigenvalue weighted by Crippen LogP contribution is 2.14. The van der Waals surface area contributed by atoms with Gasteiger partial charge in [0.25, 0.3) is 0 Å². The number of carbonyl (C=O) groups excluding carboxylic acids is 1. The van der Waals surface area contributed by atoms with E-state index in [0.717, 1.165) is 32.1 Å². The first-order valence-corrected chi connectivity index (χ1v) is 4.99. The van der Waals surface area contributed by atoms with Crippen LogP contribution in [0.4, 0.5) is 0 Å². The van der Waals surface area contributed by atoms with Crippen molar-refractivity contribution in [2.45, 2.75) is 57.5 Å². The Morgan fingerprint density at radius 3 is 2.58 bits per heavy atom. The van der Waals surface area contributed by atoms with Gasteiger partial charge in [0.15, 0.2) is 0 Å². The standard InChI is InChI=1S/C10H18O2/c11-9-5-3-1-2-4-6-10(12)8-7-9/h9,11H,1-8H2. The predicted octanol–water partition coefficient (Wildman–Crippen LogP) is 2.05. The molecule has 0 aromatic heterocycles. The van der Waals surface area contributed by atoms with Crippen LogP contribution in [0.25, 0.3) is 0 Å². The molecular weight excluding hydrogens is 152 g/mol. The van der Waals surface area contributed by atoms with Gasteiger partial charge in [0.05, 0.1) is 6.10 Å². The number of hydrogen-bond donors (Lipinski definition) is 1. The van der Waals surface area contributed by atoms with Crippen LogP contribution in [0.1, 0.15) is 51.4 Å². The van der Waals surface area contributed by atoms with Crippen LogP contribution >= 0.6 is 0 Å². The summed E-state index contributed by atoms with van der Waals surface area (Å²) in [6.07, 6.45) is 7.14. The molecule has 1 N–H and O–H groups in total. The lowest BCUT2D eigenvalue weighted by atomic mass is 9.98. The Kier molecular flexibility index (Phi) is 4.30. The van der Waals surface area contributed by atoms with E-state index in [-0.39, 0.29) is 6.10 Å². The Morgan fingerprint density at radius 1 is 1.00 bits per heavy atom. The van der Waals surface area contributed by atoms with Crippen LogP contribution in [-0.4, -0.2) is 17.0 Å². The summed E-state index contributed by atoms with van der Waals surface area (Å²) in [7, 11) is 0. The summed E-state index contributed by atoms with van der Waals surface area (Å²) in [5.41, 5.74) is 0. The topological polar surface area (TPSA) is 37.3 Å². The first kappa shape index (κ1) is 9.72. The van der Waals surface area contributed by atoms with Crippen molar-refractivity contribution in [2.75, 3.05) is 0 Å². The third kappa shape index (κ3) is 3.86. The number of aliphatic hydroxyl groups is 1. The Balaban J connectivity index is 2.27. The molecule has 1 atom stereocenters. The molecule has 70 valence electrons. The van der Waals surface area contributed by atoms with Gasteiger partial charge in [0, 0.05) is 12.8 Å². The van der Waals surface area contributed by atoms with E-state index in [1.54, 1.807) is 0 Å². The van der Waals surface area contributed by atoms with Crippen LogP contribution in [0.3, 0.4) is 0 Å². The molecule has 0 aromatic rings. The molecule has 0 heterocycles. The van der Waals surface area contributed by atoms with Gasteiger partial charge in [0.1, 0.15) is 5.78 Å². The third-order valence-electron chi connectivity index (χ3n) is 2.50. The van der Waals surface area contributed by atoms with E-state index in [1.807, 2.05) is 0 Å². The molecule has 0 spiro atoms. The highest BCUT2D eigenvalue weighted by atomic mass is 16.3. The summed E-state index contributed by atoms with van der Waals surface area (Å²) >= 11 is 0. The zero-order valence-corrected chi connectivity index (χ0v) is 7.59. The molecule has 2 heteroatoms. The Morgan fingerprint density at radius 2 is 1.75 bits per heavy atom. The zero-order chi connectivity index (χ0) is 8.81. The van der Waals surface area contributed by atoms with Crippen molar-refractivity contribution in [1.29, 1.82) is 0 Å². The van der Waals surface area contributed by atoms with E-state index in [0.29, 0.717) is 18.6 Å². The first-order valence-electron chi connectivity index (χ1n) is 4.99. The summed E-state index contributed by atoms with van der Waals surface area (Å²) < 4.78 is 0. The SMILES string of the molecule is O=C1CCCCCCC(O)CC1. The Hall–Kier alpha value is -0.370. The molecule has 2 nitrogen and oxygen atoms in total. The lowest BCUT2D eigenvalue weighted by Crippen LogP contribution is -2.11. The molecule has 1 aliphatic carbocycles. The van der Waals surface area contributed by atoms with Gasteiger partial charge < -0.3 is 5.11 Å². The summed E-state index contributed by atoms with van der Waals surface area (Å²) in [6.45, 7) is 0. The molecular formula is C10H18O2. The average Bonchev–Trinajstić information content (AvgIpc) is 2.07. The summed E-state index contributed by atoms with van der Waals surface area (Å²) in [5, 5.41) is 9.40. The largest absolute Gasteiger partial charge is 0.393 e. The van der Waals surface area contributed by atoms with Gasteiger partial charge in [-0.25, -0.2) is 0 Å². The maximum absolute atomic E-state index is 11.1. The van der Waals surface area contributed by atoms with Gasteiger partial charge in [-0.2, -0.15) is 0 Å². The molecule has 0 bridgehead atoms. The number of ketones is 1. The van der Waals surface area contributed by atoms with Crippen LogP contribution in [0, 0.1) is 0 Å². The Bertz CT molecular complexity index is 143. The molecule has 1 aliphatic rings. The van der Waals surface area contributed by atoms with E-state index < -0.39 is 0 Å². The molecule has 12 heavy (non-hydrogen) atoms. The second kappa shape index (κ2) is 5.31. The lowest BCUT2D eigenvalue weighted by Gasteiger charge is -2.11. The predicted molar refractivity (Wildman–Crippen MR) is 47.9 cm³/mol. The van der Waals surface area contributed by atoms with Crippen molar-refractivity contribution in [1.82, 2.24) is 0 Å². The molecule has 0 amide bonds. The van der Waals surface area contributed by atoms with Gasteiger partial charge in [0.2, 0.25) is 0 Å². The van der Waals surface area contributed by atoms with Crippen molar-refractivity contribution < 1.29 is 9.90 Å². The minimum Gasteiger partial charge on any atom is -0.393 e. The van der Waals surface area contributed by atoms with Crippen LogP contribution in [0.2, 0.25) is 0 Å². The minimum absolute atomic E-state index is 0.230. The fourth-order valence-electron chi connectivity index (χ4n) is 1.65. The van der Waals surface area contributed by atoms with Gasteiger partial charge in [-0.1, -0.05) is 19.3 Å². The van der Waals surface area contributed by atoms with E-state index in [9.17, 15) is 9.90 Å². The highest BCUT2D eigenvalue weighted by Gasteiger charge is 2.09. The van der Waals surface area contributed by atoms with Crippen LogP contribution in [0.15, 0.2) is 0 Å². The normalized spacial score (nSPS) is 28.4. The first-order chi connectivity index (χ1) is 5.79. The molecule has 0 aromatic carbocycles. The van der Waals surface area contributed by atoms with Crippen LogP contribution in [0.5, 0.6) is 0 Å². The summed E-state index contributed by atoms with van der Waals surface area (Å²) in [5.74, 6) is 0.330. The van der Waals surface area contributed by atoms with E-state index >= 15 is 0 Å². The Labute approximate surface area is 74.0 Å². The molecule has 0 radical (unpaired) electrons. The average molecular weight is 170 g/mol. The minimum atomic E-state index is -0.230. The van der Waals surface area contributed by atoms with Gasteiger partial charge in [-0.15, -0.1) is 0 Å². The van der Waals surface area contributed by atoms with E-state index in [2.05, 4.69) is 0 Å².